The van der Waals surface area contributed by atoms with E-state index in [0.29, 0.717) is 19.4 Å². The Bertz CT molecular complexity index is 328. The molecule has 20 heavy (non-hydrogen) atoms. The summed E-state index contributed by atoms with van der Waals surface area (Å²) in [5.74, 6) is -0.0153. The maximum atomic E-state index is 11.5. The Balaban J connectivity index is 4.23. The van der Waals surface area contributed by atoms with E-state index in [1.807, 2.05) is 27.7 Å². The number of Topliss-reactive ketones (excluding diaryl/α,β-unsaturated/α-hetero) is 1. The highest BCUT2D eigenvalue weighted by Gasteiger charge is 2.27. The van der Waals surface area contributed by atoms with Crippen molar-refractivity contribution in [1.82, 2.24) is 5.32 Å². The molecule has 0 saturated carbocycles. The topological polar surface area (TPSA) is 64.6 Å². The number of carbonyl (C=O) groups is 2. The third-order valence-corrected chi connectivity index (χ3v) is 3.38. The van der Waals surface area contributed by atoms with Crippen LogP contribution in [0, 0.1) is 0 Å². The number of rotatable bonds is 10. The maximum Gasteiger partial charge on any atom is 0.222 e. The largest absolute Gasteiger partial charge is 0.375 e. The van der Waals surface area contributed by atoms with Gasteiger partial charge in [-0.3, -0.25) is 9.59 Å². The zero-order valence-corrected chi connectivity index (χ0v) is 13.7. The standard InChI is InChI=1S/C15H29NO4/c1-7-15(5,10-13(18)16-6)19-9-8-14(3,4)20-11-12(2)17/h7-11H2,1-6H3,(H,16,18). The molecule has 5 nitrogen and oxygen atoms in total. The number of amides is 1. The van der Waals surface area contributed by atoms with Gasteiger partial charge in [-0.15, -0.1) is 0 Å². The molecule has 0 rings (SSSR count). The molecule has 0 aromatic rings. The van der Waals surface area contributed by atoms with E-state index in [0.717, 1.165) is 6.42 Å². The molecule has 0 aromatic heterocycles. The Hall–Kier alpha value is -0.940. The first-order valence-electron chi connectivity index (χ1n) is 7.12. The fraction of sp³-hybridized carbons (Fsp3) is 0.867. The maximum absolute atomic E-state index is 11.5. The SMILES string of the molecule is CCC(C)(CC(=O)NC)OCCC(C)(C)OCC(C)=O. The first-order valence-corrected chi connectivity index (χ1v) is 7.12. The van der Waals surface area contributed by atoms with Gasteiger partial charge in [0.15, 0.2) is 5.78 Å². The van der Waals surface area contributed by atoms with E-state index < -0.39 is 11.2 Å². The summed E-state index contributed by atoms with van der Waals surface area (Å²) in [6.07, 6.45) is 1.77. The molecule has 0 spiro atoms. The van der Waals surface area contributed by atoms with E-state index in [2.05, 4.69) is 5.32 Å². The van der Waals surface area contributed by atoms with Crippen molar-refractivity contribution in [2.75, 3.05) is 20.3 Å². The quantitative estimate of drug-likeness (QED) is 0.668. The monoisotopic (exact) mass is 287 g/mol. The summed E-state index contributed by atoms with van der Waals surface area (Å²) in [6.45, 7) is 9.92. The lowest BCUT2D eigenvalue weighted by Crippen LogP contribution is -2.37. The van der Waals surface area contributed by atoms with Crippen molar-refractivity contribution in [1.29, 1.82) is 0 Å². The Kier molecular flexibility index (Phi) is 7.98. The van der Waals surface area contributed by atoms with Crippen molar-refractivity contribution in [3.05, 3.63) is 0 Å². The Morgan fingerprint density at radius 2 is 1.75 bits per heavy atom. The van der Waals surface area contributed by atoms with Crippen LogP contribution in [0.15, 0.2) is 0 Å². The van der Waals surface area contributed by atoms with Crippen LogP contribution in [0.3, 0.4) is 0 Å². The molecule has 1 unspecified atom stereocenters. The molecule has 0 radical (unpaired) electrons. The minimum atomic E-state index is -0.462. The summed E-state index contributed by atoms with van der Waals surface area (Å²) in [4.78, 5) is 22.4. The van der Waals surface area contributed by atoms with Gasteiger partial charge < -0.3 is 14.8 Å². The van der Waals surface area contributed by atoms with Crippen LogP contribution in [0.1, 0.15) is 53.9 Å². The van der Waals surface area contributed by atoms with Crippen LogP contribution in [0.2, 0.25) is 0 Å². The molecule has 0 fully saturated rings. The molecule has 0 aliphatic rings. The summed E-state index contributed by atoms with van der Waals surface area (Å²) >= 11 is 0. The van der Waals surface area contributed by atoms with Crippen molar-refractivity contribution in [3.63, 3.8) is 0 Å². The van der Waals surface area contributed by atoms with E-state index in [1.54, 1.807) is 7.05 Å². The minimum Gasteiger partial charge on any atom is -0.375 e. The predicted molar refractivity (Wildman–Crippen MR) is 78.7 cm³/mol. The summed E-state index contributed by atoms with van der Waals surface area (Å²) in [5.41, 5.74) is -0.871. The van der Waals surface area contributed by atoms with Crippen LogP contribution in [0.25, 0.3) is 0 Å². The van der Waals surface area contributed by atoms with Gasteiger partial charge in [0, 0.05) is 7.05 Å². The van der Waals surface area contributed by atoms with Gasteiger partial charge >= 0.3 is 0 Å². The van der Waals surface area contributed by atoms with Crippen molar-refractivity contribution < 1.29 is 19.1 Å². The molecule has 1 amide bonds. The van der Waals surface area contributed by atoms with Gasteiger partial charge in [0.05, 0.1) is 24.2 Å². The second-order valence-corrected chi connectivity index (χ2v) is 6.00. The molecule has 0 saturated heterocycles. The number of hydrogen-bond acceptors (Lipinski definition) is 4. The van der Waals surface area contributed by atoms with Gasteiger partial charge in [-0.2, -0.15) is 0 Å². The second-order valence-electron chi connectivity index (χ2n) is 6.00. The van der Waals surface area contributed by atoms with Crippen molar-refractivity contribution in [2.45, 2.75) is 65.1 Å². The molecule has 0 bridgehead atoms. The summed E-state index contributed by atoms with van der Waals surface area (Å²) in [6, 6.07) is 0. The van der Waals surface area contributed by atoms with Gasteiger partial charge in [0.1, 0.15) is 6.61 Å². The third kappa shape index (κ3) is 8.27. The van der Waals surface area contributed by atoms with Crippen molar-refractivity contribution >= 4 is 11.7 Å². The third-order valence-electron chi connectivity index (χ3n) is 3.38. The van der Waals surface area contributed by atoms with E-state index >= 15 is 0 Å². The molecule has 0 heterocycles. The summed E-state index contributed by atoms with van der Waals surface area (Å²) < 4.78 is 11.4. The number of nitrogens with one attached hydrogen (secondary N) is 1. The Morgan fingerprint density at radius 3 is 2.20 bits per heavy atom. The Labute approximate surface area is 122 Å². The minimum absolute atomic E-state index is 0.0111. The highest BCUT2D eigenvalue weighted by Crippen LogP contribution is 2.22. The number of carbonyl (C=O) groups excluding carboxylic acids is 2. The second kappa shape index (κ2) is 8.37. The smallest absolute Gasteiger partial charge is 0.222 e. The fourth-order valence-electron chi connectivity index (χ4n) is 1.62. The summed E-state index contributed by atoms with van der Waals surface area (Å²) in [5, 5.41) is 2.61. The summed E-state index contributed by atoms with van der Waals surface area (Å²) in [7, 11) is 1.62. The van der Waals surface area contributed by atoms with Crippen LogP contribution in [-0.2, 0) is 19.1 Å². The zero-order chi connectivity index (χ0) is 15.8. The number of ketones is 1. The molecule has 1 atom stereocenters. The molecule has 0 aromatic carbocycles. The first-order chi connectivity index (χ1) is 9.14. The van der Waals surface area contributed by atoms with Crippen LogP contribution in [0.5, 0.6) is 0 Å². The molecule has 118 valence electrons. The van der Waals surface area contributed by atoms with E-state index in [1.165, 1.54) is 6.92 Å². The fourth-order valence-corrected chi connectivity index (χ4v) is 1.62. The van der Waals surface area contributed by atoms with Crippen LogP contribution in [0.4, 0.5) is 0 Å². The lowest BCUT2D eigenvalue weighted by molar-refractivity contribution is -0.134. The van der Waals surface area contributed by atoms with Crippen LogP contribution >= 0.6 is 0 Å². The highest BCUT2D eigenvalue weighted by atomic mass is 16.5. The molecule has 0 aliphatic heterocycles. The van der Waals surface area contributed by atoms with E-state index in [4.69, 9.17) is 9.47 Å². The van der Waals surface area contributed by atoms with Gasteiger partial charge in [-0.25, -0.2) is 0 Å². The normalized spacial score (nSPS) is 14.7. The molecular formula is C15H29NO4. The first kappa shape index (κ1) is 19.1. The molecule has 0 aliphatic carbocycles. The zero-order valence-electron chi connectivity index (χ0n) is 13.7. The number of ether oxygens (including phenoxy) is 2. The van der Waals surface area contributed by atoms with Crippen molar-refractivity contribution in [2.24, 2.45) is 0 Å². The van der Waals surface area contributed by atoms with Crippen LogP contribution < -0.4 is 5.32 Å². The average molecular weight is 287 g/mol. The lowest BCUT2D eigenvalue weighted by atomic mass is 9.98. The van der Waals surface area contributed by atoms with Gasteiger partial charge in [0.25, 0.3) is 0 Å². The Morgan fingerprint density at radius 1 is 1.15 bits per heavy atom. The van der Waals surface area contributed by atoms with Gasteiger partial charge in [-0.1, -0.05) is 6.92 Å². The molecular weight excluding hydrogens is 258 g/mol. The van der Waals surface area contributed by atoms with E-state index in [9.17, 15) is 9.59 Å². The van der Waals surface area contributed by atoms with E-state index in [-0.39, 0.29) is 18.3 Å². The van der Waals surface area contributed by atoms with Crippen LogP contribution in [-0.4, -0.2) is 43.2 Å². The average Bonchev–Trinajstić information content (AvgIpc) is 2.36. The van der Waals surface area contributed by atoms with Gasteiger partial charge in [-0.05, 0) is 40.5 Å². The van der Waals surface area contributed by atoms with Gasteiger partial charge in [0.2, 0.25) is 5.91 Å². The lowest BCUT2D eigenvalue weighted by Gasteiger charge is -2.31. The van der Waals surface area contributed by atoms with Crippen molar-refractivity contribution in [3.8, 4) is 0 Å². The number of hydrogen-bond donors (Lipinski definition) is 1. The predicted octanol–water partition coefficient (Wildman–Crippen LogP) is 2.08. The highest BCUT2D eigenvalue weighted by molar-refractivity contribution is 5.77. The molecule has 1 N–H and O–H groups in total. The molecule has 5 heteroatoms.